The van der Waals surface area contributed by atoms with Crippen LogP contribution in [0, 0.1) is 0 Å². The van der Waals surface area contributed by atoms with Crippen LogP contribution in [0.4, 0.5) is 5.69 Å². The molecule has 0 atom stereocenters. The molecule has 1 saturated heterocycles. The zero-order valence-corrected chi connectivity index (χ0v) is 27.8. The Morgan fingerprint density at radius 1 is 0.953 bits per heavy atom. The van der Waals surface area contributed by atoms with E-state index in [0.717, 1.165) is 78.8 Å². The van der Waals surface area contributed by atoms with Gasteiger partial charge in [-0.25, -0.2) is 4.98 Å². The van der Waals surface area contributed by atoms with E-state index in [1.165, 1.54) is 0 Å². The van der Waals surface area contributed by atoms with Gasteiger partial charge < -0.3 is 23.5 Å². The highest BCUT2D eigenvalue weighted by atomic mass is 35.5. The molecule has 2 heterocycles. The van der Waals surface area contributed by atoms with E-state index in [9.17, 15) is 4.79 Å². The second-order valence-corrected chi connectivity index (χ2v) is 13.2. The molecular formula is C33H46BCl2N3O4. The summed E-state index contributed by atoms with van der Waals surface area (Å²) in [4.78, 5) is 19.4. The zero-order chi connectivity index (χ0) is 31.0. The molecule has 3 aromatic rings. The van der Waals surface area contributed by atoms with Gasteiger partial charge in [0.15, 0.2) is 5.78 Å². The Kier molecular flexibility index (Phi) is 12.0. The highest BCUT2D eigenvalue weighted by Crippen LogP contribution is 2.36. The number of hydrogen-bond acceptors (Lipinski definition) is 6. The van der Waals surface area contributed by atoms with Crippen LogP contribution in [0.25, 0.3) is 11.0 Å². The molecule has 1 aliphatic heterocycles. The largest absolute Gasteiger partial charge is 0.494 e. The Labute approximate surface area is 267 Å². The summed E-state index contributed by atoms with van der Waals surface area (Å²) in [5, 5.41) is 0. The van der Waals surface area contributed by atoms with Crippen LogP contribution in [0.5, 0.6) is 0 Å². The van der Waals surface area contributed by atoms with E-state index in [0.29, 0.717) is 24.8 Å². The van der Waals surface area contributed by atoms with Gasteiger partial charge in [-0.05, 0) is 69.8 Å². The number of ether oxygens (including phenoxy) is 1. The Hall–Kier alpha value is -2.10. The number of alkyl halides is 2. The molecule has 10 heteroatoms. The van der Waals surface area contributed by atoms with E-state index in [1.807, 2.05) is 52.0 Å². The van der Waals surface area contributed by atoms with Gasteiger partial charge in [-0.2, -0.15) is 0 Å². The number of halogens is 2. The normalized spacial score (nSPS) is 15.8. The molecule has 0 unspecified atom stereocenters. The van der Waals surface area contributed by atoms with Crippen LogP contribution in [-0.4, -0.2) is 65.1 Å². The smallest absolute Gasteiger partial charge is 0.399 e. The summed E-state index contributed by atoms with van der Waals surface area (Å²) < 4.78 is 20.1. The first-order valence-electron chi connectivity index (χ1n) is 15.4. The van der Waals surface area contributed by atoms with Crippen LogP contribution in [0.2, 0.25) is 0 Å². The molecule has 4 rings (SSSR count). The highest BCUT2D eigenvalue weighted by molar-refractivity contribution is 6.62. The number of fused-ring (bicyclic) bond motifs is 1. The highest BCUT2D eigenvalue weighted by Gasteiger charge is 2.51. The van der Waals surface area contributed by atoms with E-state index < -0.39 is 0 Å². The number of anilines is 1. The SMILES string of the molecule is Cn1c(CCCCCCC(=O)COCc2ccc(B3OC(C)(C)C(C)(C)O3)cc2)nc2cc(N(CCCl)CCCl)ccc21. The molecule has 0 amide bonds. The van der Waals surface area contributed by atoms with Gasteiger partial charge in [0.1, 0.15) is 12.4 Å². The number of carbonyl (C=O) groups excluding carboxylic acids is 1. The number of hydrogen-bond donors (Lipinski definition) is 0. The monoisotopic (exact) mass is 629 g/mol. The summed E-state index contributed by atoms with van der Waals surface area (Å²) in [6.45, 7) is 10.3. The summed E-state index contributed by atoms with van der Waals surface area (Å²) in [6.07, 6.45) is 5.48. The second kappa shape index (κ2) is 15.3. The number of unbranched alkanes of at least 4 members (excludes halogenated alkanes) is 3. The van der Waals surface area contributed by atoms with Crippen LogP contribution in [0.15, 0.2) is 42.5 Å². The zero-order valence-electron chi connectivity index (χ0n) is 26.3. The van der Waals surface area contributed by atoms with Gasteiger partial charge in [-0.3, -0.25) is 4.79 Å². The third-order valence-corrected chi connectivity index (χ3v) is 9.01. The molecule has 2 aromatic carbocycles. The number of Topliss-reactive ketones (excluding diaryl/α,β-unsaturated/α-hetero) is 1. The molecule has 43 heavy (non-hydrogen) atoms. The first-order valence-corrected chi connectivity index (χ1v) is 16.5. The predicted molar refractivity (Wildman–Crippen MR) is 178 cm³/mol. The van der Waals surface area contributed by atoms with Crippen molar-refractivity contribution in [1.82, 2.24) is 9.55 Å². The average Bonchev–Trinajstić information content (AvgIpc) is 3.40. The molecule has 1 aliphatic rings. The van der Waals surface area contributed by atoms with Crippen LogP contribution < -0.4 is 10.4 Å². The van der Waals surface area contributed by atoms with Gasteiger partial charge in [-0.15, -0.1) is 23.2 Å². The Bertz CT molecular complexity index is 1320. The number of benzene rings is 2. The number of ketones is 1. The molecule has 7 nitrogen and oxygen atoms in total. The quantitative estimate of drug-likeness (QED) is 0.0973. The van der Waals surface area contributed by atoms with Crippen LogP contribution in [0.1, 0.15) is 71.2 Å². The van der Waals surface area contributed by atoms with Crippen molar-refractivity contribution >= 4 is 58.3 Å². The minimum atomic E-state index is -0.377. The van der Waals surface area contributed by atoms with Crippen molar-refractivity contribution < 1.29 is 18.8 Å². The number of aryl methyl sites for hydroxylation is 2. The minimum absolute atomic E-state index is 0.147. The van der Waals surface area contributed by atoms with Crippen LogP contribution in [-0.2, 0) is 38.9 Å². The first kappa shape index (κ1) is 33.8. The summed E-state index contributed by atoms with van der Waals surface area (Å²) in [5.74, 6) is 2.35. The van der Waals surface area contributed by atoms with E-state index in [4.69, 9.17) is 42.2 Å². The maximum absolute atomic E-state index is 12.3. The molecule has 1 aromatic heterocycles. The number of nitrogens with zero attached hydrogens (tertiary/aromatic N) is 3. The van der Waals surface area contributed by atoms with Gasteiger partial charge in [0.05, 0.1) is 28.8 Å². The van der Waals surface area contributed by atoms with Crippen molar-refractivity contribution in [2.24, 2.45) is 7.05 Å². The van der Waals surface area contributed by atoms with E-state index >= 15 is 0 Å². The Morgan fingerprint density at radius 2 is 1.60 bits per heavy atom. The van der Waals surface area contributed by atoms with Crippen molar-refractivity contribution in [1.29, 1.82) is 0 Å². The van der Waals surface area contributed by atoms with Crippen LogP contribution >= 0.6 is 23.2 Å². The molecule has 0 radical (unpaired) electrons. The third-order valence-electron chi connectivity index (χ3n) is 8.67. The number of rotatable bonds is 17. The van der Waals surface area contributed by atoms with Gasteiger partial charge in [0.2, 0.25) is 0 Å². The lowest BCUT2D eigenvalue weighted by Gasteiger charge is -2.32. The lowest BCUT2D eigenvalue weighted by atomic mass is 9.79. The van der Waals surface area contributed by atoms with Gasteiger partial charge >= 0.3 is 7.12 Å². The van der Waals surface area contributed by atoms with E-state index in [2.05, 4.69) is 34.7 Å². The summed E-state index contributed by atoms with van der Waals surface area (Å²) in [7, 11) is 1.70. The van der Waals surface area contributed by atoms with Crippen molar-refractivity contribution in [3.05, 3.63) is 53.9 Å². The molecule has 1 fully saturated rings. The summed E-state index contributed by atoms with van der Waals surface area (Å²) in [6, 6.07) is 14.4. The molecule has 0 N–H and O–H groups in total. The maximum atomic E-state index is 12.3. The van der Waals surface area contributed by atoms with Crippen molar-refractivity contribution in [3.8, 4) is 0 Å². The standard InChI is InChI=1S/C33H46BCl2N3O4/c1-32(2)33(3,4)43-34(42-32)26-14-12-25(13-15-26)23-41-24-28(40)10-8-6-7-9-11-31-37-29-22-27(16-17-30(29)38(31)5)39(20-18-35)21-19-36/h12-17,22H,6-11,18-21,23-24H2,1-5H3. The number of aromatic nitrogens is 2. The first-order chi connectivity index (χ1) is 20.5. The fraction of sp³-hybridized carbons (Fsp3) is 0.576. The maximum Gasteiger partial charge on any atom is 0.494 e. The van der Waals surface area contributed by atoms with Gasteiger partial charge in [0.25, 0.3) is 0 Å². The second-order valence-electron chi connectivity index (χ2n) is 12.4. The van der Waals surface area contributed by atoms with Crippen molar-refractivity contribution in [3.63, 3.8) is 0 Å². The molecule has 0 saturated carbocycles. The molecular weight excluding hydrogens is 584 g/mol. The molecule has 234 valence electrons. The Morgan fingerprint density at radius 3 is 2.26 bits per heavy atom. The summed E-state index contributed by atoms with van der Waals surface area (Å²) >= 11 is 12.0. The Balaban J connectivity index is 1.12. The van der Waals surface area contributed by atoms with Gasteiger partial charge in [-0.1, -0.05) is 37.1 Å². The minimum Gasteiger partial charge on any atom is -0.399 e. The molecule has 0 spiro atoms. The summed E-state index contributed by atoms with van der Waals surface area (Å²) in [5.41, 5.74) is 4.50. The lowest BCUT2D eigenvalue weighted by Crippen LogP contribution is -2.41. The van der Waals surface area contributed by atoms with Crippen LogP contribution in [0.3, 0.4) is 0 Å². The van der Waals surface area contributed by atoms with Crippen molar-refractivity contribution in [2.75, 3.05) is 36.4 Å². The van der Waals surface area contributed by atoms with Crippen molar-refractivity contribution in [2.45, 2.75) is 84.0 Å². The predicted octanol–water partition coefficient (Wildman–Crippen LogP) is 6.44. The number of carbonyl (C=O) groups is 1. The topological polar surface area (TPSA) is 65.8 Å². The average molecular weight is 630 g/mol. The molecule has 0 bridgehead atoms. The van der Waals surface area contributed by atoms with E-state index in [-0.39, 0.29) is 30.7 Å². The lowest BCUT2D eigenvalue weighted by molar-refractivity contribution is -0.124. The van der Waals surface area contributed by atoms with E-state index in [1.54, 1.807) is 0 Å². The van der Waals surface area contributed by atoms with Gasteiger partial charge in [0, 0.05) is 50.4 Å². The number of imidazole rings is 1. The fourth-order valence-electron chi connectivity index (χ4n) is 5.30. The third kappa shape index (κ3) is 8.76. The molecule has 0 aliphatic carbocycles. The fourth-order valence-corrected chi connectivity index (χ4v) is 5.70.